The Balaban J connectivity index is 0.937. The highest BCUT2D eigenvalue weighted by Gasteiger charge is 2.43. The number of methoxy groups -OCH3 is 4. The fourth-order valence-electron chi connectivity index (χ4n) is 9.85. The molecule has 1 aromatic heterocycles. The number of alkyl carbamates (subject to hydrolysis) is 2. The third kappa shape index (κ3) is 8.39. The van der Waals surface area contributed by atoms with E-state index >= 15 is 0 Å². The standard InChI is InChI=1S/C49H53N7O9/c1-27(62-3)43(53-48(59)63-4)46(57)56-24-28(25-61-2)18-41(56)45-50-23-39(52-45)31-13-15-33-35-19-30-14-16-37-36(34(30)20-32(35)26-65-42(33)21-31)22-38(51-37)40-12-9-17-55(40)47(58)44(54-49(60)64-5)29-10-7-6-8-11-29/h6-8,10-11,13-16,19-21,23,27-28,40-41,43-44H,9,12,17-18,22,24-26H2,1-5H3,(H,50,52)(H,53,59)(H,54,60)/t27-,28+,40+,41+,43?,44-/m1/s1. The molecule has 0 bridgehead atoms. The average Bonchev–Trinajstić information content (AvgIpc) is 4.18. The minimum atomic E-state index is -0.965. The van der Waals surface area contributed by atoms with Gasteiger partial charge in [0.1, 0.15) is 30.3 Å². The number of benzene rings is 4. The van der Waals surface area contributed by atoms with Crippen LogP contribution < -0.4 is 15.4 Å². The van der Waals surface area contributed by atoms with Gasteiger partial charge >= 0.3 is 12.2 Å². The van der Waals surface area contributed by atoms with E-state index in [2.05, 4.69) is 45.9 Å². The molecule has 338 valence electrons. The van der Waals surface area contributed by atoms with Gasteiger partial charge in [0.25, 0.3) is 0 Å². The number of carbonyl (C=O) groups excluding carboxylic acids is 4. The van der Waals surface area contributed by atoms with Crippen molar-refractivity contribution in [3.8, 4) is 28.1 Å². The number of nitrogens with one attached hydrogen (secondary N) is 3. The number of fused-ring (bicyclic) bond motifs is 6. The minimum Gasteiger partial charge on any atom is -0.488 e. The minimum absolute atomic E-state index is 0.0628. The highest BCUT2D eigenvalue weighted by molar-refractivity contribution is 6.06. The fraction of sp³-hybridized carbons (Fsp3) is 0.388. The number of H-pyrrole nitrogens is 1. The van der Waals surface area contributed by atoms with E-state index in [0.29, 0.717) is 50.5 Å². The van der Waals surface area contributed by atoms with Crippen LogP contribution in [0.1, 0.15) is 60.8 Å². The second-order valence-electron chi connectivity index (χ2n) is 17.0. The third-order valence-electron chi connectivity index (χ3n) is 13.2. The Hall–Kier alpha value is -6.78. The molecule has 0 spiro atoms. The van der Waals surface area contributed by atoms with Gasteiger partial charge in [-0.25, -0.2) is 14.6 Å². The number of aliphatic imine (C=N–C) groups is 1. The molecule has 2 saturated heterocycles. The first kappa shape index (κ1) is 43.5. The molecule has 4 aromatic carbocycles. The van der Waals surface area contributed by atoms with Gasteiger partial charge in [0.05, 0.1) is 56.6 Å². The first-order valence-corrected chi connectivity index (χ1v) is 21.9. The summed E-state index contributed by atoms with van der Waals surface area (Å²) < 4.78 is 27.1. The SMILES string of the molecule is COC[C@H]1C[C@@H](c2ncc(-c3ccc4c(c3)OCc3cc5c6c(ccc5cc3-4)N=C([C@@H]3CCCN3C(=O)[C@H](NC(=O)OC)c3ccccc3)C6)[nH]2)N(C(=O)C(NC(=O)OC)[C@@H](C)OC)C1. The summed E-state index contributed by atoms with van der Waals surface area (Å²) in [5.41, 5.74) is 8.47. The van der Waals surface area contributed by atoms with Crippen molar-refractivity contribution in [2.24, 2.45) is 10.9 Å². The molecule has 0 aliphatic carbocycles. The number of aromatic amines is 1. The Bertz CT molecular complexity index is 2670. The van der Waals surface area contributed by atoms with Crippen molar-refractivity contribution >= 4 is 46.2 Å². The topological polar surface area (TPSA) is 186 Å². The largest absolute Gasteiger partial charge is 0.488 e. The van der Waals surface area contributed by atoms with E-state index in [4.69, 9.17) is 33.7 Å². The number of hydrogen-bond donors (Lipinski definition) is 3. The Labute approximate surface area is 376 Å². The highest BCUT2D eigenvalue weighted by atomic mass is 16.5. The van der Waals surface area contributed by atoms with E-state index in [-0.39, 0.29) is 29.8 Å². The number of rotatable bonds is 12. The summed E-state index contributed by atoms with van der Waals surface area (Å²) in [6.45, 7) is 3.57. The lowest BCUT2D eigenvalue weighted by Gasteiger charge is -2.30. The van der Waals surface area contributed by atoms with Crippen molar-refractivity contribution in [2.75, 3.05) is 48.1 Å². The second-order valence-corrected chi connectivity index (χ2v) is 17.0. The van der Waals surface area contributed by atoms with Crippen LogP contribution in [0, 0.1) is 5.92 Å². The molecule has 16 nitrogen and oxygen atoms in total. The number of carbonyl (C=O) groups is 4. The Morgan fingerprint density at radius 1 is 0.892 bits per heavy atom. The van der Waals surface area contributed by atoms with Crippen molar-refractivity contribution < 1.29 is 42.9 Å². The molecule has 9 rings (SSSR count). The van der Waals surface area contributed by atoms with Gasteiger partial charge in [-0.2, -0.15) is 0 Å². The van der Waals surface area contributed by atoms with Gasteiger partial charge in [0.15, 0.2) is 0 Å². The third-order valence-corrected chi connectivity index (χ3v) is 13.2. The summed E-state index contributed by atoms with van der Waals surface area (Å²) in [6, 6.07) is 21.6. The van der Waals surface area contributed by atoms with Crippen LogP contribution in [0.4, 0.5) is 15.3 Å². The zero-order chi connectivity index (χ0) is 45.4. The van der Waals surface area contributed by atoms with Crippen molar-refractivity contribution in [1.82, 2.24) is 30.4 Å². The first-order chi connectivity index (χ1) is 31.6. The van der Waals surface area contributed by atoms with E-state index < -0.39 is 30.4 Å². The van der Waals surface area contributed by atoms with E-state index in [9.17, 15) is 19.2 Å². The molecular formula is C49H53N7O9. The smallest absolute Gasteiger partial charge is 0.407 e. The van der Waals surface area contributed by atoms with Crippen LogP contribution in [0.5, 0.6) is 5.75 Å². The maximum atomic E-state index is 14.2. The second kappa shape index (κ2) is 18.4. The Morgan fingerprint density at radius 2 is 1.69 bits per heavy atom. The number of hydrogen-bond acceptors (Lipinski definition) is 11. The lowest BCUT2D eigenvalue weighted by Crippen LogP contribution is -2.54. The van der Waals surface area contributed by atoms with Gasteiger partial charge in [-0.15, -0.1) is 0 Å². The molecule has 6 atom stereocenters. The van der Waals surface area contributed by atoms with Gasteiger partial charge in [0.2, 0.25) is 11.8 Å². The van der Waals surface area contributed by atoms with Gasteiger partial charge in [0, 0.05) is 56.5 Å². The van der Waals surface area contributed by atoms with Gasteiger partial charge in [-0.3, -0.25) is 14.6 Å². The maximum Gasteiger partial charge on any atom is 0.407 e. The number of amides is 4. The zero-order valence-electron chi connectivity index (χ0n) is 37.1. The molecular weight excluding hydrogens is 831 g/mol. The summed E-state index contributed by atoms with van der Waals surface area (Å²) in [5, 5.41) is 7.60. The van der Waals surface area contributed by atoms with E-state index in [1.165, 1.54) is 21.3 Å². The number of ether oxygens (including phenoxy) is 5. The van der Waals surface area contributed by atoms with Gasteiger partial charge in [-0.1, -0.05) is 42.5 Å². The highest BCUT2D eigenvalue weighted by Crippen LogP contribution is 2.45. The normalized spacial score (nSPS) is 19.9. The van der Waals surface area contributed by atoms with Gasteiger partial charge < -0.3 is 49.1 Å². The summed E-state index contributed by atoms with van der Waals surface area (Å²) in [6.07, 6.45) is 2.64. The number of imidazole rings is 1. The van der Waals surface area contributed by atoms with E-state index in [1.54, 1.807) is 25.1 Å². The predicted octanol–water partition coefficient (Wildman–Crippen LogP) is 6.80. The van der Waals surface area contributed by atoms with Crippen molar-refractivity contribution in [2.45, 2.75) is 69.5 Å². The average molecular weight is 884 g/mol. The lowest BCUT2D eigenvalue weighted by atomic mass is 9.90. The van der Waals surface area contributed by atoms with Gasteiger partial charge in [-0.05, 0) is 89.5 Å². The summed E-state index contributed by atoms with van der Waals surface area (Å²) in [4.78, 5) is 69.8. The summed E-state index contributed by atoms with van der Waals surface area (Å²) >= 11 is 0. The van der Waals surface area contributed by atoms with E-state index in [0.717, 1.165) is 74.3 Å². The van der Waals surface area contributed by atoms with Crippen LogP contribution >= 0.6 is 0 Å². The molecule has 4 amide bonds. The van der Waals surface area contributed by atoms with Crippen LogP contribution in [0.3, 0.4) is 0 Å². The molecule has 16 heteroatoms. The predicted molar refractivity (Wildman–Crippen MR) is 242 cm³/mol. The quantitative estimate of drug-likeness (QED) is 0.120. The van der Waals surface area contributed by atoms with Crippen molar-refractivity contribution in [1.29, 1.82) is 0 Å². The van der Waals surface area contributed by atoms with Crippen LogP contribution in [0.25, 0.3) is 33.2 Å². The molecule has 5 aromatic rings. The number of nitrogens with zero attached hydrogens (tertiary/aromatic N) is 4. The first-order valence-electron chi connectivity index (χ1n) is 21.9. The van der Waals surface area contributed by atoms with E-state index in [1.807, 2.05) is 47.4 Å². The molecule has 2 fully saturated rings. The monoisotopic (exact) mass is 883 g/mol. The maximum absolute atomic E-state index is 14.2. The molecule has 4 aliphatic heterocycles. The summed E-state index contributed by atoms with van der Waals surface area (Å²) in [5.74, 6) is 0.959. The Morgan fingerprint density at radius 3 is 2.46 bits per heavy atom. The molecule has 0 saturated carbocycles. The summed E-state index contributed by atoms with van der Waals surface area (Å²) in [7, 11) is 5.68. The molecule has 3 N–H and O–H groups in total. The van der Waals surface area contributed by atoms with Crippen LogP contribution in [0.2, 0.25) is 0 Å². The number of likely N-dealkylation sites (tertiary alicyclic amines) is 2. The Kier molecular flexibility index (Phi) is 12.3. The lowest BCUT2D eigenvalue weighted by molar-refractivity contribution is -0.138. The van der Waals surface area contributed by atoms with Crippen molar-refractivity contribution in [3.05, 3.63) is 102 Å². The van der Waals surface area contributed by atoms with Crippen LogP contribution in [-0.2, 0) is 41.6 Å². The molecule has 0 radical (unpaired) electrons. The van der Waals surface area contributed by atoms with Crippen LogP contribution in [0.15, 0.2) is 84.0 Å². The molecule has 4 aliphatic rings. The molecule has 1 unspecified atom stereocenters. The fourth-order valence-corrected chi connectivity index (χ4v) is 9.85. The zero-order valence-corrected chi connectivity index (χ0v) is 37.1. The number of aromatic nitrogens is 2. The van der Waals surface area contributed by atoms with Crippen LogP contribution in [-0.4, -0.2) is 116 Å². The van der Waals surface area contributed by atoms with Crippen molar-refractivity contribution in [3.63, 3.8) is 0 Å². The molecule has 5 heterocycles. The molecule has 65 heavy (non-hydrogen) atoms.